The lowest BCUT2D eigenvalue weighted by atomic mass is 9.66. The number of nitrogens with zero attached hydrogens (tertiary/aromatic N) is 2. The molecule has 3 amide bonds. The van der Waals surface area contributed by atoms with Crippen LogP contribution in [0.5, 0.6) is 0 Å². The van der Waals surface area contributed by atoms with Crippen LogP contribution >= 0.6 is 11.6 Å². The molecule has 0 unspecified atom stereocenters. The molecular weight excluding hydrogens is 466 g/mol. The second kappa shape index (κ2) is 10.9. The van der Waals surface area contributed by atoms with Crippen molar-refractivity contribution < 1.29 is 19.5 Å². The van der Waals surface area contributed by atoms with E-state index < -0.39 is 22.5 Å². The maximum atomic E-state index is 13.5. The van der Waals surface area contributed by atoms with Crippen molar-refractivity contribution in [3.8, 4) is 0 Å². The smallest absolute Gasteiger partial charge is 0.245 e. The fourth-order valence-corrected chi connectivity index (χ4v) is 4.99. The van der Waals surface area contributed by atoms with E-state index in [2.05, 4.69) is 5.32 Å². The molecule has 0 aromatic heterocycles. The van der Waals surface area contributed by atoms with Crippen LogP contribution in [0, 0.1) is 16.7 Å². The first-order valence-corrected chi connectivity index (χ1v) is 12.7. The van der Waals surface area contributed by atoms with E-state index in [1.54, 1.807) is 31.1 Å². The fraction of sp³-hybridized carbons (Fsp3) is 0.667. The molecule has 0 bridgehead atoms. The van der Waals surface area contributed by atoms with Gasteiger partial charge in [0, 0.05) is 49.5 Å². The molecular formula is C27H42ClN3O4. The maximum Gasteiger partial charge on any atom is 0.245 e. The number of carbonyl (C=O) groups excluding carboxylic acids is 3. The van der Waals surface area contributed by atoms with Crippen LogP contribution in [0.2, 0.25) is 5.02 Å². The molecule has 0 saturated carbocycles. The van der Waals surface area contributed by atoms with E-state index in [9.17, 15) is 19.5 Å². The van der Waals surface area contributed by atoms with Crippen LogP contribution in [0.15, 0.2) is 24.3 Å². The Balaban J connectivity index is 2.09. The summed E-state index contributed by atoms with van der Waals surface area (Å²) in [5.74, 6) is -0.539. The largest absolute Gasteiger partial charge is 0.384 e. The summed E-state index contributed by atoms with van der Waals surface area (Å²) in [6.07, 6.45) is 0.928. The van der Waals surface area contributed by atoms with Gasteiger partial charge in [0.25, 0.3) is 0 Å². The minimum atomic E-state index is -1.10. The number of aliphatic hydroxyl groups is 1. The third-order valence-electron chi connectivity index (χ3n) is 7.29. The van der Waals surface area contributed by atoms with Gasteiger partial charge in [0.1, 0.15) is 6.04 Å². The standard InChI is InChI=1S/C27H42ClN3O4/c1-18(2)22(29-21(32)13-14-25(3,4)24(34)30(7)8)23(33)31-16-15-27(35,26(5,6)17-31)19-9-11-20(28)12-10-19/h9-12,18,22,35H,13-17H2,1-8H3,(H,29,32)/t22-,27+/m1/s1. The maximum absolute atomic E-state index is 13.5. The number of piperidine rings is 1. The van der Waals surface area contributed by atoms with Gasteiger partial charge in [-0.3, -0.25) is 14.4 Å². The van der Waals surface area contributed by atoms with Gasteiger partial charge in [-0.2, -0.15) is 0 Å². The Hall–Kier alpha value is -2.12. The summed E-state index contributed by atoms with van der Waals surface area (Å²) in [6, 6.07) is 6.52. The number of hydrogen-bond acceptors (Lipinski definition) is 4. The Morgan fingerprint density at radius 2 is 1.74 bits per heavy atom. The van der Waals surface area contributed by atoms with Crippen molar-refractivity contribution in [2.75, 3.05) is 27.2 Å². The molecule has 0 aliphatic carbocycles. The van der Waals surface area contributed by atoms with Gasteiger partial charge in [-0.15, -0.1) is 0 Å². The molecule has 1 aromatic carbocycles. The number of nitrogens with one attached hydrogen (secondary N) is 1. The molecule has 1 fully saturated rings. The second-order valence-corrected chi connectivity index (χ2v) is 12.1. The van der Waals surface area contributed by atoms with Crippen LogP contribution in [-0.2, 0) is 20.0 Å². The van der Waals surface area contributed by atoms with Crippen molar-refractivity contribution in [3.05, 3.63) is 34.9 Å². The molecule has 2 rings (SSSR count). The average molecular weight is 508 g/mol. The van der Waals surface area contributed by atoms with Gasteiger partial charge in [-0.1, -0.05) is 65.3 Å². The molecule has 2 N–H and O–H groups in total. The molecule has 196 valence electrons. The summed E-state index contributed by atoms with van der Waals surface area (Å²) in [6.45, 7) is 12.1. The van der Waals surface area contributed by atoms with E-state index in [1.165, 1.54) is 4.90 Å². The van der Waals surface area contributed by atoms with E-state index in [0.29, 0.717) is 31.0 Å². The molecule has 7 nitrogen and oxygen atoms in total. The Labute approximate surface area is 215 Å². The molecule has 1 aliphatic heterocycles. The molecule has 2 atom stereocenters. The topological polar surface area (TPSA) is 90.0 Å². The molecule has 0 radical (unpaired) electrons. The number of carbonyl (C=O) groups is 3. The van der Waals surface area contributed by atoms with Gasteiger partial charge < -0.3 is 20.2 Å². The number of hydrogen-bond donors (Lipinski definition) is 2. The third-order valence-corrected chi connectivity index (χ3v) is 7.55. The second-order valence-electron chi connectivity index (χ2n) is 11.6. The van der Waals surface area contributed by atoms with E-state index >= 15 is 0 Å². The quantitative estimate of drug-likeness (QED) is 0.559. The SMILES string of the molecule is CC(C)[C@@H](NC(=O)CCC(C)(C)C(=O)N(C)C)C(=O)N1CC[C@](O)(c2ccc(Cl)cc2)C(C)(C)C1. The summed E-state index contributed by atoms with van der Waals surface area (Å²) in [5.41, 5.74) is -1.60. The zero-order valence-electron chi connectivity index (χ0n) is 22.4. The fourth-order valence-electron chi connectivity index (χ4n) is 4.87. The number of likely N-dealkylation sites (tertiary alicyclic amines) is 1. The predicted molar refractivity (Wildman–Crippen MR) is 139 cm³/mol. The van der Waals surface area contributed by atoms with Gasteiger partial charge in [0.15, 0.2) is 0 Å². The molecule has 0 spiro atoms. The summed E-state index contributed by atoms with van der Waals surface area (Å²) in [5, 5.41) is 15.1. The first kappa shape index (κ1) is 29.1. The number of rotatable bonds is 8. The van der Waals surface area contributed by atoms with Crippen molar-refractivity contribution in [1.29, 1.82) is 0 Å². The highest BCUT2D eigenvalue weighted by molar-refractivity contribution is 6.30. The van der Waals surface area contributed by atoms with Crippen LogP contribution in [0.1, 0.15) is 66.4 Å². The van der Waals surface area contributed by atoms with E-state index in [1.807, 2.05) is 53.7 Å². The van der Waals surface area contributed by atoms with Crippen LogP contribution in [0.3, 0.4) is 0 Å². The van der Waals surface area contributed by atoms with E-state index in [4.69, 9.17) is 11.6 Å². The minimum absolute atomic E-state index is 0.0366. The lowest BCUT2D eigenvalue weighted by Crippen LogP contribution is -2.60. The monoisotopic (exact) mass is 507 g/mol. The molecule has 1 aliphatic rings. The Bertz CT molecular complexity index is 927. The van der Waals surface area contributed by atoms with Gasteiger partial charge in [0.2, 0.25) is 17.7 Å². The van der Waals surface area contributed by atoms with Crippen molar-refractivity contribution in [1.82, 2.24) is 15.1 Å². The highest BCUT2D eigenvalue weighted by atomic mass is 35.5. The Kier molecular flexibility index (Phi) is 9.04. The Morgan fingerprint density at radius 3 is 2.23 bits per heavy atom. The number of halogens is 1. The summed E-state index contributed by atoms with van der Waals surface area (Å²) >= 11 is 6.03. The molecule has 1 heterocycles. The first-order valence-electron chi connectivity index (χ1n) is 12.3. The molecule has 1 aromatic rings. The summed E-state index contributed by atoms with van der Waals surface area (Å²) in [7, 11) is 3.40. The zero-order valence-corrected chi connectivity index (χ0v) is 23.2. The normalized spacial score (nSPS) is 20.9. The third kappa shape index (κ3) is 6.56. The minimum Gasteiger partial charge on any atom is -0.384 e. The summed E-state index contributed by atoms with van der Waals surface area (Å²) < 4.78 is 0. The lowest BCUT2D eigenvalue weighted by Gasteiger charge is -2.51. The van der Waals surface area contributed by atoms with Crippen LogP contribution in [0.25, 0.3) is 0 Å². The summed E-state index contributed by atoms with van der Waals surface area (Å²) in [4.78, 5) is 41.9. The van der Waals surface area contributed by atoms with E-state index in [0.717, 1.165) is 5.56 Å². The van der Waals surface area contributed by atoms with Gasteiger partial charge >= 0.3 is 0 Å². The van der Waals surface area contributed by atoms with Crippen LogP contribution < -0.4 is 5.32 Å². The molecule has 35 heavy (non-hydrogen) atoms. The van der Waals surface area contributed by atoms with Crippen molar-refractivity contribution in [3.63, 3.8) is 0 Å². The van der Waals surface area contributed by atoms with Gasteiger partial charge in [-0.05, 0) is 36.5 Å². The van der Waals surface area contributed by atoms with Crippen LogP contribution in [0.4, 0.5) is 0 Å². The molecule has 1 saturated heterocycles. The highest BCUT2D eigenvalue weighted by Crippen LogP contribution is 2.46. The highest BCUT2D eigenvalue weighted by Gasteiger charge is 2.50. The first-order chi connectivity index (χ1) is 16.0. The lowest BCUT2D eigenvalue weighted by molar-refractivity contribution is -0.156. The molecule has 8 heteroatoms. The van der Waals surface area contributed by atoms with Crippen molar-refractivity contribution in [2.24, 2.45) is 16.7 Å². The van der Waals surface area contributed by atoms with Gasteiger partial charge in [-0.25, -0.2) is 0 Å². The average Bonchev–Trinajstić information content (AvgIpc) is 2.77. The zero-order chi connectivity index (χ0) is 26.8. The number of benzene rings is 1. The van der Waals surface area contributed by atoms with Crippen LogP contribution in [-0.4, -0.2) is 65.9 Å². The Morgan fingerprint density at radius 1 is 1.17 bits per heavy atom. The van der Waals surface area contributed by atoms with Gasteiger partial charge in [0.05, 0.1) is 5.60 Å². The predicted octanol–water partition coefficient (Wildman–Crippen LogP) is 3.82. The van der Waals surface area contributed by atoms with E-state index in [-0.39, 0.29) is 30.1 Å². The van der Waals surface area contributed by atoms with Crippen molar-refractivity contribution in [2.45, 2.75) is 72.4 Å². The van der Waals surface area contributed by atoms with Crippen molar-refractivity contribution >= 4 is 29.3 Å². The number of amides is 3.